The lowest BCUT2D eigenvalue weighted by atomic mass is 10.0. The number of fused-ring (bicyclic) bond motifs is 2. The molecule has 4 rings (SSSR count). The molecule has 0 fully saturated rings. The summed E-state index contributed by atoms with van der Waals surface area (Å²) in [6.07, 6.45) is 8.41. The van der Waals surface area contributed by atoms with E-state index in [0.717, 1.165) is 25.0 Å². The summed E-state index contributed by atoms with van der Waals surface area (Å²) in [5.74, 6) is 3.69. The van der Waals surface area contributed by atoms with Gasteiger partial charge in [-0.3, -0.25) is 5.32 Å². The minimum atomic E-state index is 0.350. The first-order chi connectivity index (χ1) is 12.9. The second-order valence-corrected chi connectivity index (χ2v) is 6.74. The van der Waals surface area contributed by atoms with Crippen LogP contribution in [-0.4, -0.2) is 13.2 Å². The van der Waals surface area contributed by atoms with Gasteiger partial charge < -0.3 is 4.74 Å². The van der Waals surface area contributed by atoms with Crippen molar-refractivity contribution in [3.05, 3.63) is 77.4 Å². The molecule has 1 atom stereocenters. The fraction of sp³-hybridized carbons (Fsp3) is 0.250. The Morgan fingerprint density at radius 2 is 1.88 bits per heavy atom. The van der Waals surface area contributed by atoms with Crippen LogP contribution in [0.5, 0.6) is 5.75 Å². The molecule has 0 heterocycles. The maximum absolute atomic E-state index is 6.19. The van der Waals surface area contributed by atoms with Gasteiger partial charge in [0.05, 0.1) is 13.2 Å². The summed E-state index contributed by atoms with van der Waals surface area (Å²) in [7, 11) is 0. The van der Waals surface area contributed by atoms with Gasteiger partial charge in [0.2, 0.25) is 0 Å². The third kappa shape index (κ3) is 3.31. The number of ether oxygens (including phenoxy) is 1. The summed E-state index contributed by atoms with van der Waals surface area (Å²) in [5, 5.41) is 6.03. The molecule has 0 saturated heterocycles. The summed E-state index contributed by atoms with van der Waals surface area (Å²) in [6.45, 7) is 1.29. The summed E-state index contributed by atoms with van der Waals surface area (Å²) < 4.78 is 6.19. The van der Waals surface area contributed by atoms with Crippen molar-refractivity contribution >= 4 is 10.8 Å². The van der Waals surface area contributed by atoms with Crippen LogP contribution in [0.25, 0.3) is 10.8 Å². The molecule has 0 aliphatic heterocycles. The van der Waals surface area contributed by atoms with Gasteiger partial charge in [-0.2, -0.15) is 0 Å². The first-order valence-corrected chi connectivity index (χ1v) is 9.25. The molecule has 0 aromatic heterocycles. The van der Waals surface area contributed by atoms with Crippen molar-refractivity contribution in [1.82, 2.24) is 5.32 Å². The monoisotopic (exact) mass is 341 g/mol. The van der Waals surface area contributed by atoms with Crippen LogP contribution in [0.3, 0.4) is 0 Å². The number of nitrogens with one attached hydrogen (secondary N) is 1. The van der Waals surface area contributed by atoms with E-state index in [1.807, 2.05) is 0 Å². The van der Waals surface area contributed by atoms with Crippen LogP contribution < -0.4 is 10.1 Å². The van der Waals surface area contributed by atoms with Gasteiger partial charge in [0, 0.05) is 12.5 Å². The molecule has 0 spiro atoms. The Balaban J connectivity index is 1.46. The number of terminal acetylenes is 1. The van der Waals surface area contributed by atoms with Crippen LogP contribution in [0.2, 0.25) is 0 Å². The fourth-order valence-electron chi connectivity index (χ4n) is 3.93. The molecule has 0 amide bonds. The second-order valence-electron chi connectivity index (χ2n) is 6.74. The molecule has 1 unspecified atom stereocenters. The first-order valence-electron chi connectivity index (χ1n) is 9.25. The Labute approximate surface area is 155 Å². The van der Waals surface area contributed by atoms with Crippen LogP contribution in [-0.2, 0) is 12.8 Å². The molecule has 0 radical (unpaired) electrons. The molecule has 1 N–H and O–H groups in total. The van der Waals surface area contributed by atoms with Crippen LogP contribution in [0.1, 0.15) is 29.2 Å². The van der Waals surface area contributed by atoms with E-state index in [0.29, 0.717) is 19.2 Å². The van der Waals surface area contributed by atoms with Crippen molar-refractivity contribution in [3.63, 3.8) is 0 Å². The van der Waals surface area contributed by atoms with E-state index in [1.54, 1.807) is 0 Å². The van der Waals surface area contributed by atoms with E-state index in [4.69, 9.17) is 11.2 Å². The van der Waals surface area contributed by atoms with Crippen molar-refractivity contribution in [1.29, 1.82) is 0 Å². The standard InChI is InChI=1S/C24H23NO/c1-2-16-25-23-14-13-22-21(23)11-6-12-24(22)26-17-15-19-9-5-8-18-7-3-4-10-20(18)19/h1,3-12,23,25H,13-17H2. The average molecular weight is 341 g/mol. The lowest BCUT2D eigenvalue weighted by Crippen LogP contribution is -2.19. The highest BCUT2D eigenvalue weighted by molar-refractivity contribution is 5.85. The van der Waals surface area contributed by atoms with Gasteiger partial charge in [-0.15, -0.1) is 6.42 Å². The van der Waals surface area contributed by atoms with Crippen molar-refractivity contribution in [2.75, 3.05) is 13.2 Å². The van der Waals surface area contributed by atoms with Crippen LogP contribution >= 0.6 is 0 Å². The molecule has 3 aromatic carbocycles. The van der Waals surface area contributed by atoms with Crippen LogP contribution in [0.15, 0.2) is 60.7 Å². The minimum Gasteiger partial charge on any atom is -0.493 e. The van der Waals surface area contributed by atoms with E-state index < -0.39 is 0 Å². The van der Waals surface area contributed by atoms with Crippen LogP contribution in [0.4, 0.5) is 0 Å². The number of benzene rings is 3. The lowest BCUT2D eigenvalue weighted by Gasteiger charge is -2.14. The molecular weight excluding hydrogens is 318 g/mol. The van der Waals surface area contributed by atoms with E-state index in [1.165, 1.54) is 27.5 Å². The zero-order chi connectivity index (χ0) is 17.8. The van der Waals surface area contributed by atoms with Crippen LogP contribution in [0, 0.1) is 12.3 Å². The minimum absolute atomic E-state index is 0.350. The third-order valence-corrected chi connectivity index (χ3v) is 5.19. The van der Waals surface area contributed by atoms with E-state index in [-0.39, 0.29) is 0 Å². The maximum Gasteiger partial charge on any atom is 0.122 e. The molecule has 1 aliphatic carbocycles. The molecule has 0 saturated carbocycles. The number of hydrogen-bond donors (Lipinski definition) is 1. The summed E-state index contributed by atoms with van der Waals surface area (Å²) in [4.78, 5) is 0. The highest BCUT2D eigenvalue weighted by Crippen LogP contribution is 2.36. The highest BCUT2D eigenvalue weighted by atomic mass is 16.5. The quantitative estimate of drug-likeness (QED) is 0.658. The third-order valence-electron chi connectivity index (χ3n) is 5.19. The molecule has 26 heavy (non-hydrogen) atoms. The Morgan fingerprint density at radius 3 is 2.81 bits per heavy atom. The predicted octanol–water partition coefficient (Wildman–Crippen LogP) is 4.67. The first kappa shape index (κ1) is 16.7. The van der Waals surface area contributed by atoms with Crippen molar-refractivity contribution in [2.24, 2.45) is 0 Å². The fourth-order valence-corrected chi connectivity index (χ4v) is 3.93. The zero-order valence-corrected chi connectivity index (χ0v) is 14.9. The Bertz CT molecular complexity index is 949. The van der Waals surface area contributed by atoms with Crippen molar-refractivity contribution in [2.45, 2.75) is 25.3 Å². The maximum atomic E-state index is 6.19. The lowest BCUT2D eigenvalue weighted by molar-refractivity contribution is 0.319. The number of hydrogen-bond acceptors (Lipinski definition) is 2. The van der Waals surface area contributed by atoms with Gasteiger partial charge in [0.1, 0.15) is 5.75 Å². The van der Waals surface area contributed by atoms with E-state index >= 15 is 0 Å². The SMILES string of the molecule is C#CCNC1CCc2c(OCCc3cccc4ccccc34)cccc21. The average Bonchev–Trinajstić information content (AvgIpc) is 3.10. The zero-order valence-electron chi connectivity index (χ0n) is 14.9. The molecule has 130 valence electrons. The summed E-state index contributed by atoms with van der Waals surface area (Å²) in [6, 6.07) is 21.7. The number of rotatable bonds is 6. The second kappa shape index (κ2) is 7.64. The molecule has 0 bridgehead atoms. The largest absolute Gasteiger partial charge is 0.493 e. The summed E-state index contributed by atoms with van der Waals surface area (Å²) >= 11 is 0. The van der Waals surface area contributed by atoms with E-state index in [9.17, 15) is 0 Å². The normalized spacial score (nSPS) is 15.6. The topological polar surface area (TPSA) is 21.3 Å². The van der Waals surface area contributed by atoms with Gasteiger partial charge in [-0.1, -0.05) is 60.5 Å². The molecule has 1 aliphatic rings. The van der Waals surface area contributed by atoms with Gasteiger partial charge in [0.15, 0.2) is 0 Å². The molecular formula is C24H23NO. The van der Waals surface area contributed by atoms with Gasteiger partial charge in [-0.05, 0) is 46.4 Å². The smallest absolute Gasteiger partial charge is 0.122 e. The van der Waals surface area contributed by atoms with Gasteiger partial charge >= 0.3 is 0 Å². The Kier molecular flexibility index (Phi) is 4.91. The molecule has 3 aromatic rings. The predicted molar refractivity (Wildman–Crippen MR) is 107 cm³/mol. The molecule has 2 heteroatoms. The molecule has 2 nitrogen and oxygen atoms in total. The van der Waals surface area contributed by atoms with Gasteiger partial charge in [0.25, 0.3) is 0 Å². The highest BCUT2D eigenvalue weighted by Gasteiger charge is 2.24. The van der Waals surface area contributed by atoms with E-state index in [2.05, 4.69) is 71.9 Å². The Morgan fingerprint density at radius 1 is 1.04 bits per heavy atom. The Hall–Kier alpha value is -2.76. The van der Waals surface area contributed by atoms with Crippen molar-refractivity contribution in [3.8, 4) is 18.1 Å². The van der Waals surface area contributed by atoms with Crippen molar-refractivity contribution < 1.29 is 4.74 Å². The van der Waals surface area contributed by atoms with Gasteiger partial charge in [-0.25, -0.2) is 0 Å². The summed E-state index contributed by atoms with van der Waals surface area (Å²) in [5.41, 5.74) is 4.01.